The first kappa shape index (κ1) is 17.0. The summed E-state index contributed by atoms with van der Waals surface area (Å²) in [4.78, 5) is 25.8. The number of hydrogen-bond donors (Lipinski definition) is 1. The number of nitrogens with zero attached hydrogens (tertiary/aromatic N) is 1. The molecule has 1 amide bonds. The maximum atomic E-state index is 13.0. The summed E-state index contributed by atoms with van der Waals surface area (Å²) >= 11 is 3.48. The molecule has 1 aromatic heterocycles. The average Bonchev–Trinajstić information content (AvgIpc) is 2.89. The Morgan fingerprint density at radius 1 is 1.19 bits per heavy atom. The van der Waals surface area contributed by atoms with Crippen molar-refractivity contribution in [1.29, 1.82) is 0 Å². The molecule has 1 unspecified atom stereocenters. The van der Waals surface area contributed by atoms with Gasteiger partial charge in [-0.15, -0.1) is 0 Å². The number of hydrogen-bond acceptors (Lipinski definition) is 2. The summed E-state index contributed by atoms with van der Waals surface area (Å²) < 4.78 is 2.91. The molecule has 0 spiro atoms. The maximum absolute atomic E-state index is 13.0. The lowest BCUT2D eigenvalue weighted by Crippen LogP contribution is -2.23. The molecule has 2 heterocycles. The third-order valence-corrected chi connectivity index (χ3v) is 5.63. The van der Waals surface area contributed by atoms with Gasteiger partial charge in [0.15, 0.2) is 0 Å². The summed E-state index contributed by atoms with van der Waals surface area (Å²) in [6.07, 6.45) is 2.56. The van der Waals surface area contributed by atoms with E-state index in [1.54, 1.807) is 6.20 Å². The highest BCUT2D eigenvalue weighted by atomic mass is 79.9. The average molecular weight is 411 g/mol. The molecule has 4 rings (SSSR count). The Morgan fingerprint density at radius 2 is 1.96 bits per heavy atom. The van der Waals surface area contributed by atoms with Crippen LogP contribution in [0, 0.1) is 13.8 Å². The number of rotatable bonds is 2. The largest absolute Gasteiger partial charge is 0.343 e. The van der Waals surface area contributed by atoms with Crippen molar-refractivity contribution in [2.45, 2.75) is 33.2 Å². The quantitative estimate of drug-likeness (QED) is 0.662. The fourth-order valence-electron chi connectivity index (χ4n) is 3.64. The molecule has 0 fully saturated rings. The van der Waals surface area contributed by atoms with Crippen LogP contribution >= 0.6 is 15.9 Å². The van der Waals surface area contributed by atoms with Crippen LogP contribution in [0.2, 0.25) is 0 Å². The number of nitrogens with one attached hydrogen (secondary N) is 1. The molecule has 1 atom stereocenters. The van der Waals surface area contributed by atoms with Crippen LogP contribution in [0.4, 0.5) is 5.69 Å². The van der Waals surface area contributed by atoms with Gasteiger partial charge >= 0.3 is 0 Å². The molecule has 0 radical (unpaired) electrons. The molecular weight excluding hydrogens is 392 g/mol. The number of pyridine rings is 1. The van der Waals surface area contributed by atoms with Gasteiger partial charge in [0.05, 0.1) is 5.52 Å². The Balaban J connectivity index is 1.82. The molecule has 1 N–H and O–H groups in total. The van der Waals surface area contributed by atoms with Crippen LogP contribution in [0.3, 0.4) is 0 Å². The number of carbonyl (C=O) groups is 1. The van der Waals surface area contributed by atoms with E-state index in [0.29, 0.717) is 11.1 Å². The van der Waals surface area contributed by atoms with E-state index in [0.717, 1.165) is 33.1 Å². The number of halogens is 1. The van der Waals surface area contributed by atoms with E-state index >= 15 is 0 Å². The minimum atomic E-state index is -0.371. The highest BCUT2D eigenvalue weighted by Gasteiger charge is 2.25. The standard InChI is InChI=1S/C21H19BrN2O2/c1-11-4-5-16(6-12(11)2)23-21(26)18-10-24-13(3)7-14-8-15(22)9-17(19(14)24)20(18)25/h4-6,8-10,13H,7H2,1-3H3,(H,23,26). The van der Waals surface area contributed by atoms with Crippen LogP contribution in [-0.4, -0.2) is 10.5 Å². The number of benzene rings is 2. The number of carbonyl (C=O) groups excluding carboxylic acids is 1. The van der Waals surface area contributed by atoms with Crippen molar-refractivity contribution in [2.24, 2.45) is 0 Å². The molecule has 132 valence electrons. The first-order valence-corrected chi connectivity index (χ1v) is 9.40. The van der Waals surface area contributed by atoms with Crippen molar-refractivity contribution in [3.8, 4) is 0 Å². The third kappa shape index (κ3) is 2.67. The second kappa shape index (κ2) is 6.09. The topological polar surface area (TPSA) is 51.1 Å². The Labute approximate surface area is 160 Å². The lowest BCUT2D eigenvalue weighted by molar-refractivity contribution is 0.102. The molecule has 0 saturated heterocycles. The predicted octanol–water partition coefficient (Wildman–Crippen LogP) is 4.75. The summed E-state index contributed by atoms with van der Waals surface area (Å²) in [5.41, 5.74) is 4.98. The van der Waals surface area contributed by atoms with Crippen LogP contribution in [0.5, 0.6) is 0 Å². The van der Waals surface area contributed by atoms with E-state index in [1.807, 2.05) is 42.7 Å². The molecular formula is C21H19BrN2O2. The van der Waals surface area contributed by atoms with Gasteiger partial charge in [0.2, 0.25) is 5.43 Å². The second-order valence-corrected chi connectivity index (χ2v) is 7.96. The van der Waals surface area contributed by atoms with Gasteiger partial charge < -0.3 is 9.88 Å². The Bertz CT molecular complexity index is 1130. The zero-order valence-corrected chi connectivity index (χ0v) is 16.5. The third-order valence-electron chi connectivity index (χ3n) is 5.17. The van der Waals surface area contributed by atoms with Crippen molar-refractivity contribution >= 4 is 38.4 Å². The maximum Gasteiger partial charge on any atom is 0.261 e. The summed E-state index contributed by atoms with van der Waals surface area (Å²) in [7, 11) is 0. The second-order valence-electron chi connectivity index (χ2n) is 7.05. The number of anilines is 1. The predicted molar refractivity (Wildman–Crippen MR) is 108 cm³/mol. The Hall–Kier alpha value is -2.40. The summed E-state index contributed by atoms with van der Waals surface area (Å²) in [6.45, 7) is 6.12. The Morgan fingerprint density at radius 3 is 2.69 bits per heavy atom. The first-order valence-electron chi connectivity index (χ1n) is 8.61. The fourth-order valence-corrected chi connectivity index (χ4v) is 4.15. The van der Waals surface area contributed by atoms with Gasteiger partial charge in [-0.2, -0.15) is 0 Å². The zero-order chi connectivity index (χ0) is 18.6. The van der Waals surface area contributed by atoms with E-state index in [2.05, 4.69) is 34.2 Å². The van der Waals surface area contributed by atoms with Crippen LogP contribution in [0.25, 0.3) is 10.9 Å². The van der Waals surface area contributed by atoms with E-state index in [1.165, 1.54) is 0 Å². The van der Waals surface area contributed by atoms with Crippen molar-refractivity contribution in [3.05, 3.63) is 73.5 Å². The highest BCUT2D eigenvalue weighted by molar-refractivity contribution is 9.10. The lowest BCUT2D eigenvalue weighted by atomic mass is 10.1. The van der Waals surface area contributed by atoms with E-state index < -0.39 is 0 Å². The molecule has 26 heavy (non-hydrogen) atoms. The molecule has 5 heteroatoms. The molecule has 1 aliphatic rings. The van der Waals surface area contributed by atoms with Gasteiger partial charge in [0.1, 0.15) is 5.56 Å². The molecule has 0 bridgehead atoms. The SMILES string of the molecule is Cc1ccc(NC(=O)c2cn3c4c(cc(Br)cc4c2=O)CC3C)cc1C. The van der Waals surface area contributed by atoms with Crippen molar-refractivity contribution in [3.63, 3.8) is 0 Å². The van der Waals surface area contributed by atoms with E-state index in [-0.39, 0.29) is 22.9 Å². The van der Waals surface area contributed by atoms with E-state index in [4.69, 9.17) is 0 Å². The smallest absolute Gasteiger partial charge is 0.261 e. The van der Waals surface area contributed by atoms with Gasteiger partial charge in [0.25, 0.3) is 5.91 Å². The molecule has 2 aromatic carbocycles. The number of amides is 1. The fraction of sp³-hybridized carbons (Fsp3) is 0.238. The van der Waals surface area contributed by atoms with Gasteiger partial charge in [-0.25, -0.2) is 0 Å². The summed E-state index contributed by atoms with van der Waals surface area (Å²) in [6, 6.07) is 9.82. The molecule has 0 aliphatic carbocycles. The van der Waals surface area contributed by atoms with Crippen LogP contribution in [-0.2, 0) is 6.42 Å². The lowest BCUT2D eigenvalue weighted by Gasteiger charge is -2.13. The zero-order valence-electron chi connectivity index (χ0n) is 14.9. The van der Waals surface area contributed by atoms with Crippen LogP contribution < -0.4 is 10.7 Å². The number of aromatic nitrogens is 1. The van der Waals surface area contributed by atoms with Gasteiger partial charge in [0, 0.05) is 27.8 Å². The summed E-state index contributed by atoms with van der Waals surface area (Å²) in [5, 5.41) is 3.45. The van der Waals surface area contributed by atoms with Crippen molar-refractivity contribution in [2.75, 3.05) is 5.32 Å². The van der Waals surface area contributed by atoms with Crippen molar-refractivity contribution in [1.82, 2.24) is 4.57 Å². The van der Waals surface area contributed by atoms with Gasteiger partial charge in [-0.3, -0.25) is 9.59 Å². The van der Waals surface area contributed by atoms with Crippen LogP contribution in [0.1, 0.15) is 40.0 Å². The molecule has 1 aliphatic heterocycles. The minimum absolute atomic E-state index is 0.175. The molecule has 3 aromatic rings. The van der Waals surface area contributed by atoms with Crippen molar-refractivity contribution < 1.29 is 4.79 Å². The van der Waals surface area contributed by atoms with Gasteiger partial charge in [-0.1, -0.05) is 22.0 Å². The molecule has 0 saturated carbocycles. The van der Waals surface area contributed by atoms with Gasteiger partial charge in [-0.05, 0) is 68.1 Å². The Kier molecular flexibility index (Phi) is 3.99. The highest BCUT2D eigenvalue weighted by Crippen LogP contribution is 2.33. The first-order chi connectivity index (χ1) is 12.3. The number of aryl methyl sites for hydroxylation is 2. The monoisotopic (exact) mass is 410 g/mol. The normalized spacial score (nSPS) is 15.5. The minimum Gasteiger partial charge on any atom is -0.343 e. The van der Waals surface area contributed by atoms with Crippen LogP contribution in [0.15, 0.2) is 45.8 Å². The van der Waals surface area contributed by atoms with E-state index in [9.17, 15) is 9.59 Å². The molecule has 4 nitrogen and oxygen atoms in total. The summed E-state index contributed by atoms with van der Waals surface area (Å²) in [5.74, 6) is -0.371.